The molecule has 0 radical (unpaired) electrons. The van der Waals surface area contributed by atoms with E-state index >= 15 is 0 Å². The van der Waals surface area contributed by atoms with Crippen LogP contribution in [0.25, 0.3) is 0 Å². The standard InChI is InChI=1S/C17H22O3/c1-11(15-10-19-17(2,3)20-15)13-9-8-12-6-4-5-7-14(12)16(13)18/h4-7,11,13,15H,8-10H2,1-3H3. The van der Waals surface area contributed by atoms with Crippen LogP contribution in [0.1, 0.15) is 43.1 Å². The van der Waals surface area contributed by atoms with Crippen LogP contribution >= 0.6 is 0 Å². The number of ether oxygens (including phenoxy) is 2. The van der Waals surface area contributed by atoms with Crippen LogP contribution in [-0.2, 0) is 15.9 Å². The van der Waals surface area contributed by atoms with Crippen molar-refractivity contribution in [3.05, 3.63) is 35.4 Å². The average molecular weight is 274 g/mol. The molecule has 3 nitrogen and oxygen atoms in total. The smallest absolute Gasteiger partial charge is 0.166 e. The van der Waals surface area contributed by atoms with Crippen molar-refractivity contribution >= 4 is 5.78 Å². The number of rotatable bonds is 2. The summed E-state index contributed by atoms with van der Waals surface area (Å²) in [6, 6.07) is 7.97. The van der Waals surface area contributed by atoms with E-state index in [1.54, 1.807) is 0 Å². The second-order valence-corrected chi connectivity index (χ2v) is 6.39. The molecule has 3 atom stereocenters. The van der Waals surface area contributed by atoms with Crippen molar-refractivity contribution in [1.82, 2.24) is 0 Å². The molecule has 1 aromatic carbocycles. The molecule has 1 aliphatic carbocycles. The minimum Gasteiger partial charge on any atom is -0.348 e. The van der Waals surface area contributed by atoms with Gasteiger partial charge in [-0.05, 0) is 38.2 Å². The molecule has 3 unspecified atom stereocenters. The number of aryl methyl sites for hydroxylation is 1. The molecule has 2 aliphatic rings. The van der Waals surface area contributed by atoms with Crippen molar-refractivity contribution in [1.29, 1.82) is 0 Å². The highest BCUT2D eigenvalue weighted by Gasteiger charge is 2.41. The summed E-state index contributed by atoms with van der Waals surface area (Å²) in [7, 11) is 0. The first-order valence-electron chi connectivity index (χ1n) is 7.42. The molecule has 0 bridgehead atoms. The van der Waals surface area contributed by atoms with Crippen LogP contribution in [0.4, 0.5) is 0 Å². The van der Waals surface area contributed by atoms with Gasteiger partial charge in [0.15, 0.2) is 11.6 Å². The Bertz CT molecular complexity index is 521. The molecular weight excluding hydrogens is 252 g/mol. The minimum absolute atomic E-state index is 0.0178. The fraction of sp³-hybridized carbons (Fsp3) is 0.588. The first-order chi connectivity index (χ1) is 9.48. The Morgan fingerprint density at radius 1 is 1.30 bits per heavy atom. The average Bonchev–Trinajstić information content (AvgIpc) is 2.79. The second kappa shape index (κ2) is 4.97. The van der Waals surface area contributed by atoms with Gasteiger partial charge in [-0.2, -0.15) is 0 Å². The summed E-state index contributed by atoms with van der Waals surface area (Å²) in [4.78, 5) is 12.7. The Labute approximate surface area is 120 Å². The lowest BCUT2D eigenvalue weighted by atomic mass is 9.75. The zero-order valence-corrected chi connectivity index (χ0v) is 12.4. The molecule has 3 heteroatoms. The summed E-state index contributed by atoms with van der Waals surface area (Å²) in [5.41, 5.74) is 2.08. The highest BCUT2D eigenvalue weighted by Crippen LogP contribution is 2.36. The number of carbonyl (C=O) groups excluding carboxylic acids is 1. The van der Waals surface area contributed by atoms with E-state index in [0.717, 1.165) is 18.4 Å². The summed E-state index contributed by atoms with van der Waals surface area (Å²) in [5.74, 6) is -0.00755. The number of carbonyl (C=O) groups is 1. The van der Waals surface area contributed by atoms with Crippen molar-refractivity contribution in [2.24, 2.45) is 11.8 Å². The van der Waals surface area contributed by atoms with Gasteiger partial charge >= 0.3 is 0 Å². The molecule has 1 aliphatic heterocycles. The van der Waals surface area contributed by atoms with Gasteiger partial charge < -0.3 is 9.47 Å². The van der Waals surface area contributed by atoms with Crippen molar-refractivity contribution in [2.45, 2.75) is 45.5 Å². The van der Waals surface area contributed by atoms with Gasteiger partial charge in [-0.3, -0.25) is 4.79 Å². The van der Waals surface area contributed by atoms with E-state index in [0.29, 0.717) is 6.61 Å². The highest BCUT2D eigenvalue weighted by molar-refractivity contribution is 6.00. The topological polar surface area (TPSA) is 35.5 Å². The molecule has 1 saturated heterocycles. The number of benzene rings is 1. The van der Waals surface area contributed by atoms with Crippen LogP contribution in [0, 0.1) is 11.8 Å². The predicted octanol–water partition coefficient (Wildman–Crippen LogP) is 3.22. The van der Waals surface area contributed by atoms with E-state index in [9.17, 15) is 4.79 Å². The van der Waals surface area contributed by atoms with Gasteiger partial charge in [0.1, 0.15) is 0 Å². The molecule has 0 spiro atoms. The van der Waals surface area contributed by atoms with Crippen molar-refractivity contribution in [3.63, 3.8) is 0 Å². The molecule has 3 rings (SSSR count). The molecule has 0 saturated carbocycles. The third-order valence-electron chi connectivity index (χ3n) is 4.60. The van der Waals surface area contributed by atoms with E-state index in [2.05, 4.69) is 13.0 Å². The zero-order valence-electron chi connectivity index (χ0n) is 12.4. The summed E-state index contributed by atoms with van der Waals surface area (Å²) in [6.07, 6.45) is 1.91. The molecule has 20 heavy (non-hydrogen) atoms. The summed E-state index contributed by atoms with van der Waals surface area (Å²) < 4.78 is 11.6. The normalized spacial score (nSPS) is 30.1. The molecule has 0 N–H and O–H groups in total. The summed E-state index contributed by atoms with van der Waals surface area (Å²) in [6.45, 7) is 6.56. The largest absolute Gasteiger partial charge is 0.348 e. The Morgan fingerprint density at radius 2 is 2.05 bits per heavy atom. The molecule has 1 heterocycles. The van der Waals surface area contributed by atoms with Crippen molar-refractivity contribution in [2.75, 3.05) is 6.61 Å². The van der Waals surface area contributed by atoms with Crippen molar-refractivity contribution in [3.8, 4) is 0 Å². The van der Waals surface area contributed by atoms with Gasteiger partial charge in [-0.15, -0.1) is 0 Å². The SMILES string of the molecule is CC(C1COC(C)(C)O1)C1CCc2ccccc2C1=O. The van der Waals surface area contributed by atoms with Crippen molar-refractivity contribution < 1.29 is 14.3 Å². The van der Waals surface area contributed by atoms with E-state index in [4.69, 9.17) is 9.47 Å². The highest BCUT2D eigenvalue weighted by atomic mass is 16.7. The van der Waals surface area contributed by atoms with Crippen LogP contribution in [0.3, 0.4) is 0 Å². The molecule has 0 amide bonds. The molecular formula is C17H22O3. The third kappa shape index (κ3) is 2.40. The first kappa shape index (κ1) is 13.8. The maximum absolute atomic E-state index is 12.7. The van der Waals surface area contributed by atoms with Gasteiger partial charge in [0.05, 0.1) is 12.7 Å². The lowest BCUT2D eigenvalue weighted by Crippen LogP contribution is -2.36. The summed E-state index contributed by atoms with van der Waals surface area (Å²) in [5, 5.41) is 0. The summed E-state index contributed by atoms with van der Waals surface area (Å²) >= 11 is 0. The second-order valence-electron chi connectivity index (χ2n) is 6.39. The van der Waals surface area contributed by atoms with E-state index < -0.39 is 5.79 Å². The van der Waals surface area contributed by atoms with Gasteiger partial charge in [-0.1, -0.05) is 31.2 Å². The monoisotopic (exact) mass is 274 g/mol. The van der Waals surface area contributed by atoms with Crippen LogP contribution in [0.5, 0.6) is 0 Å². The van der Waals surface area contributed by atoms with Gasteiger partial charge in [0, 0.05) is 11.5 Å². The fourth-order valence-electron chi connectivity index (χ4n) is 3.36. The fourth-order valence-corrected chi connectivity index (χ4v) is 3.36. The predicted molar refractivity (Wildman–Crippen MR) is 76.7 cm³/mol. The van der Waals surface area contributed by atoms with Gasteiger partial charge in [0.2, 0.25) is 0 Å². The third-order valence-corrected chi connectivity index (χ3v) is 4.60. The number of hydrogen-bond acceptors (Lipinski definition) is 3. The van der Waals surface area contributed by atoms with Crippen LogP contribution < -0.4 is 0 Å². The van der Waals surface area contributed by atoms with Crippen LogP contribution in [0.15, 0.2) is 24.3 Å². The van der Waals surface area contributed by atoms with Crippen LogP contribution in [-0.4, -0.2) is 24.3 Å². The minimum atomic E-state index is -0.519. The molecule has 108 valence electrons. The molecule has 1 aromatic rings. The number of fused-ring (bicyclic) bond motifs is 1. The van der Waals surface area contributed by atoms with Crippen LogP contribution in [0.2, 0.25) is 0 Å². The quantitative estimate of drug-likeness (QED) is 0.830. The lowest BCUT2D eigenvalue weighted by Gasteiger charge is -2.31. The Morgan fingerprint density at radius 3 is 2.75 bits per heavy atom. The Kier molecular flexibility index (Phi) is 3.43. The number of Topliss-reactive ketones (excluding diaryl/α,β-unsaturated/α-hetero) is 1. The lowest BCUT2D eigenvalue weighted by molar-refractivity contribution is -0.145. The van der Waals surface area contributed by atoms with E-state index in [1.807, 2.05) is 32.0 Å². The first-order valence-corrected chi connectivity index (χ1v) is 7.42. The van der Waals surface area contributed by atoms with Gasteiger partial charge in [-0.25, -0.2) is 0 Å². The molecule has 1 fully saturated rings. The number of hydrogen-bond donors (Lipinski definition) is 0. The zero-order chi connectivity index (χ0) is 14.3. The number of ketones is 1. The Hall–Kier alpha value is -1.19. The van der Waals surface area contributed by atoms with E-state index in [-0.39, 0.29) is 23.7 Å². The Balaban J connectivity index is 1.77. The maximum Gasteiger partial charge on any atom is 0.166 e. The van der Waals surface area contributed by atoms with Gasteiger partial charge in [0.25, 0.3) is 0 Å². The maximum atomic E-state index is 12.7. The molecule has 0 aromatic heterocycles. The van der Waals surface area contributed by atoms with E-state index in [1.165, 1.54) is 5.56 Å².